The number of rotatable bonds is 8. The lowest BCUT2D eigenvalue weighted by Gasteiger charge is -2.14. The van der Waals surface area contributed by atoms with Crippen molar-refractivity contribution in [1.82, 2.24) is 4.98 Å². The van der Waals surface area contributed by atoms with Crippen LogP contribution in [0, 0.1) is 13.8 Å². The molecule has 0 radical (unpaired) electrons. The lowest BCUT2D eigenvalue weighted by molar-refractivity contribution is 0.920. The largest absolute Gasteiger partial charge is 0.246 e. The number of hydrogen-bond donors (Lipinski definition) is 0. The maximum absolute atomic E-state index is 6.61. The Hall–Kier alpha value is -4.34. The van der Waals surface area contributed by atoms with Crippen LogP contribution >= 0.6 is 11.6 Å². The smallest absolute Gasteiger partial charge is 0.0966 e. The molecule has 1 aromatic heterocycles. The molecule has 5 rings (SSSR count). The van der Waals surface area contributed by atoms with E-state index in [0.717, 1.165) is 69.3 Å². The minimum atomic E-state index is 0.610. The predicted octanol–water partition coefficient (Wildman–Crippen LogP) is 9.64. The van der Waals surface area contributed by atoms with E-state index in [4.69, 9.17) is 26.6 Å². The van der Waals surface area contributed by atoms with Crippen LogP contribution in [0.15, 0.2) is 125 Å². The summed E-state index contributed by atoms with van der Waals surface area (Å²) in [6.07, 6.45) is 2.02. The minimum Gasteiger partial charge on any atom is -0.246 e. The molecule has 198 valence electrons. The Morgan fingerprint density at radius 2 is 1.10 bits per heavy atom. The van der Waals surface area contributed by atoms with E-state index in [1.807, 2.05) is 79.7 Å². The van der Waals surface area contributed by atoms with Crippen molar-refractivity contribution in [3.63, 3.8) is 0 Å². The Morgan fingerprint density at radius 1 is 0.600 bits per heavy atom. The Bertz CT molecular complexity index is 1650. The van der Waals surface area contributed by atoms with Crippen LogP contribution in [-0.4, -0.2) is 16.4 Å². The van der Waals surface area contributed by atoms with Gasteiger partial charge in [0.1, 0.15) is 0 Å². The first-order valence-electron chi connectivity index (χ1n) is 13.6. The minimum absolute atomic E-state index is 0.610. The molecule has 5 aromatic rings. The summed E-state index contributed by atoms with van der Waals surface area (Å²) < 4.78 is 0. The molecule has 0 aliphatic heterocycles. The van der Waals surface area contributed by atoms with E-state index >= 15 is 0 Å². The number of aliphatic imine (C=N–C) groups is 2. The first-order chi connectivity index (χ1) is 19.5. The van der Waals surface area contributed by atoms with Crippen molar-refractivity contribution in [3.8, 4) is 0 Å². The van der Waals surface area contributed by atoms with Crippen LogP contribution < -0.4 is 0 Å². The van der Waals surface area contributed by atoms with Gasteiger partial charge in [0.25, 0.3) is 0 Å². The molecule has 0 saturated heterocycles. The van der Waals surface area contributed by atoms with Crippen LogP contribution in [0.4, 0.5) is 11.4 Å². The summed E-state index contributed by atoms with van der Waals surface area (Å²) in [7, 11) is 0. The van der Waals surface area contributed by atoms with E-state index in [1.165, 1.54) is 5.56 Å². The number of hydrogen-bond acceptors (Lipinski definition) is 3. The summed E-state index contributed by atoms with van der Waals surface area (Å²) >= 11 is 6.61. The molecule has 0 spiro atoms. The molecule has 1 heterocycles. The van der Waals surface area contributed by atoms with Crippen LogP contribution in [-0.2, 0) is 6.42 Å². The molecule has 0 saturated carbocycles. The summed E-state index contributed by atoms with van der Waals surface area (Å²) in [4.78, 5) is 15.6. The van der Waals surface area contributed by atoms with Gasteiger partial charge < -0.3 is 0 Å². The summed E-state index contributed by atoms with van der Waals surface area (Å²) in [6.45, 7) is 6.34. The van der Waals surface area contributed by atoms with Gasteiger partial charge in [0.2, 0.25) is 0 Å². The van der Waals surface area contributed by atoms with Crippen molar-refractivity contribution in [2.75, 3.05) is 0 Å². The quantitative estimate of drug-likeness (QED) is 0.180. The second-order valence-electron chi connectivity index (χ2n) is 9.80. The summed E-state index contributed by atoms with van der Waals surface area (Å²) in [5.41, 5.74) is 10.3. The maximum atomic E-state index is 6.61. The van der Waals surface area contributed by atoms with E-state index in [1.54, 1.807) is 0 Å². The zero-order chi connectivity index (χ0) is 27.9. The molecule has 0 aliphatic carbocycles. The van der Waals surface area contributed by atoms with Crippen LogP contribution in [0.1, 0.15) is 52.5 Å². The molecule has 40 heavy (non-hydrogen) atoms. The Kier molecular flexibility index (Phi) is 8.63. The highest BCUT2D eigenvalue weighted by Crippen LogP contribution is 2.31. The Labute approximate surface area is 242 Å². The monoisotopic (exact) mass is 541 g/mol. The van der Waals surface area contributed by atoms with Crippen molar-refractivity contribution in [2.24, 2.45) is 9.98 Å². The number of pyridine rings is 1. The Balaban J connectivity index is 1.72. The summed E-state index contributed by atoms with van der Waals surface area (Å²) in [6, 6.07) is 38.7. The van der Waals surface area contributed by atoms with Gasteiger partial charge in [-0.25, -0.2) is 15.0 Å². The van der Waals surface area contributed by atoms with Crippen molar-refractivity contribution >= 4 is 34.4 Å². The highest BCUT2D eigenvalue weighted by molar-refractivity contribution is 6.33. The van der Waals surface area contributed by atoms with E-state index in [2.05, 4.69) is 56.3 Å². The third kappa shape index (κ3) is 6.11. The molecule has 0 aliphatic rings. The molecule has 3 nitrogen and oxygen atoms in total. The molecule has 0 atom stereocenters. The summed E-state index contributed by atoms with van der Waals surface area (Å²) in [5, 5.41) is 0.610. The van der Waals surface area contributed by atoms with Gasteiger partial charge in [0.15, 0.2) is 0 Å². The van der Waals surface area contributed by atoms with Crippen LogP contribution in [0.2, 0.25) is 5.02 Å². The molecule has 4 heteroatoms. The number of aryl methyl sites for hydroxylation is 3. The van der Waals surface area contributed by atoms with Crippen molar-refractivity contribution in [2.45, 2.75) is 33.6 Å². The SMILES string of the molecule is CCCc1cccc(C)c1/N=C(\c1ccccc1)c1cccc(/C(=N/c2c(C)cccc2Cl)c2ccccc2)n1. The Morgan fingerprint density at radius 3 is 1.65 bits per heavy atom. The number of para-hydroxylation sites is 2. The third-order valence-corrected chi connectivity index (χ3v) is 7.11. The van der Waals surface area contributed by atoms with Crippen molar-refractivity contribution < 1.29 is 0 Å². The predicted molar refractivity (Wildman–Crippen MR) is 169 cm³/mol. The lowest BCUT2D eigenvalue weighted by atomic mass is 10.0. The van der Waals surface area contributed by atoms with Gasteiger partial charge in [-0.15, -0.1) is 0 Å². The number of benzene rings is 4. The number of nitrogens with zero attached hydrogens (tertiary/aromatic N) is 3. The topological polar surface area (TPSA) is 37.6 Å². The first kappa shape index (κ1) is 27.2. The fourth-order valence-electron chi connectivity index (χ4n) is 4.77. The van der Waals surface area contributed by atoms with Gasteiger partial charge in [-0.3, -0.25) is 0 Å². The third-order valence-electron chi connectivity index (χ3n) is 6.81. The summed E-state index contributed by atoms with van der Waals surface area (Å²) in [5.74, 6) is 0. The van der Waals surface area contributed by atoms with Crippen LogP contribution in [0.25, 0.3) is 0 Å². The average molecular weight is 542 g/mol. The van der Waals surface area contributed by atoms with E-state index < -0.39 is 0 Å². The van der Waals surface area contributed by atoms with Crippen molar-refractivity contribution in [3.05, 3.63) is 159 Å². The fourth-order valence-corrected chi connectivity index (χ4v) is 5.03. The van der Waals surface area contributed by atoms with E-state index in [9.17, 15) is 0 Å². The van der Waals surface area contributed by atoms with E-state index in [-0.39, 0.29) is 0 Å². The van der Waals surface area contributed by atoms with Gasteiger partial charge in [0, 0.05) is 11.1 Å². The first-order valence-corrected chi connectivity index (χ1v) is 14.0. The molecular weight excluding hydrogens is 510 g/mol. The molecule has 0 fully saturated rings. The van der Waals surface area contributed by atoms with Crippen molar-refractivity contribution in [1.29, 1.82) is 0 Å². The van der Waals surface area contributed by atoms with Crippen LogP contribution in [0.3, 0.4) is 0 Å². The highest BCUT2D eigenvalue weighted by atomic mass is 35.5. The second kappa shape index (κ2) is 12.7. The maximum Gasteiger partial charge on any atom is 0.0966 e. The zero-order valence-corrected chi connectivity index (χ0v) is 23.9. The molecule has 0 unspecified atom stereocenters. The molecule has 0 N–H and O–H groups in total. The average Bonchev–Trinajstić information content (AvgIpc) is 2.98. The fraction of sp³-hybridized carbons (Fsp3) is 0.139. The molecule has 0 bridgehead atoms. The van der Waals surface area contributed by atoms with Crippen LogP contribution in [0.5, 0.6) is 0 Å². The van der Waals surface area contributed by atoms with Gasteiger partial charge in [-0.05, 0) is 55.2 Å². The van der Waals surface area contributed by atoms with Gasteiger partial charge in [-0.2, -0.15) is 0 Å². The zero-order valence-electron chi connectivity index (χ0n) is 23.1. The second-order valence-corrected chi connectivity index (χ2v) is 10.2. The number of halogens is 1. The number of aromatic nitrogens is 1. The van der Waals surface area contributed by atoms with E-state index in [0.29, 0.717) is 5.02 Å². The molecule has 0 amide bonds. The normalized spacial score (nSPS) is 12.0. The highest BCUT2D eigenvalue weighted by Gasteiger charge is 2.16. The standard InChI is InChI=1S/C36H32ClN3/c1-4-14-27-21-11-15-25(2)33(27)39-35(28-17-7-5-8-18-28)31-23-13-24-32(38-31)36(29-19-9-6-10-20-29)40-34-26(3)16-12-22-30(34)37/h5-13,15-24H,4,14H2,1-3H3/b39-35+,40-36+. The van der Waals surface area contributed by atoms with Gasteiger partial charge in [0.05, 0.1) is 39.2 Å². The van der Waals surface area contributed by atoms with Gasteiger partial charge >= 0.3 is 0 Å². The van der Waals surface area contributed by atoms with Gasteiger partial charge in [-0.1, -0.05) is 122 Å². The molecule has 4 aromatic carbocycles. The lowest BCUT2D eigenvalue weighted by Crippen LogP contribution is -2.12. The molecular formula is C36H32ClN3.